The Kier molecular flexibility index (Phi) is 5.76. The number of rotatable bonds is 4. The number of hydrogen-bond donors (Lipinski definition) is 1. The quantitative estimate of drug-likeness (QED) is 0.571. The Labute approximate surface area is 229 Å². The smallest absolute Gasteiger partial charge is 0.256 e. The molecular formula is C30H38ClN3O4. The summed E-state index contributed by atoms with van der Waals surface area (Å²) in [5.74, 6) is 0.201. The lowest BCUT2D eigenvalue weighted by Crippen LogP contribution is -2.62. The van der Waals surface area contributed by atoms with Crippen LogP contribution in [-0.2, 0) is 13.0 Å². The summed E-state index contributed by atoms with van der Waals surface area (Å²) in [7, 11) is 4.39. The molecule has 0 radical (unpaired) electrons. The Balaban J connectivity index is 1.32. The molecule has 2 aromatic rings. The molecule has 0 saturated heterocycles. The molecule has 5 aliphatic rings. The second kappa shape index (κ2) is 8.49. The molecule has 1 aromatic heterocycles. The number of benzene rings is 1. The lowest BCUT2D eigenvalue weighted by molar-refractivity contribution is -0.211. The van der Waals surface area contributed by atoms with Gasteiger partial charge in [-0.3, -0.25) is 9.59 Å². The largest absolute Gasteiger partial charge is 0.448 e. The third kappa shape index (κ3) is 3.50. The first-order valence-electron chi connectivity index (χ1n) is 13.8. The minimum atomic E-state index is -0.818. The van der Waals surface area contributed by atoms with Crippen LogP contribution in [-0.4, -0.2) is 52.7 Å². The van der Waals surface area contributed by atoms with E-state index in [-0.39, 0.29) is 29.0 Å². The van der Waals surface area contributed by atoms with Gasteiger partial charge in [-0.05, 0) is 103 Å². The molecule has 7 nitrogen and oxygen atoms in total. The van der Waals surface area contributed by atoms with Crippen LogP contribution in [0.3, 0.4) is 0 Å². The van der Waals surface area contributed by atoms with Crippen molar-refractivity contribution in [1.29, 1.82) is 0 Å². The molecule has 1 amide bonds. The van der Waals surface area contributed by atoms with E-state index in [0.29, 0.717) is 40.6 Å². The number of amides is 1. The molecule has 1 unspecified atom stereocenters. The van der Waals surface area contributed by atoms with Gasteiger partial charge in [-0.2, -0.15) is 0 Å². The van der Waals surface area contributed by atoms with E-state index in [9.17, 15) is 9.59 Å². The Hall–Kier alpha value is -2.51. The number of carbonyl (C=O) groups excluding carboxylic acids is 1. The third-order valence-electron chi connectivity index (χ3n) is 10.4. The molecule has 3 heterocycles. The molecule has 38 heavy (non-hydrogen) atoms. The van der Waals surface area contributed by atoms with Crippen molar-refractivity contribution in [2.24, 2.45) is 5.41 Å². The maximum absolute atomic E-state index is 13.8. The molecule has 1 N–H and O–H groups in total. The molecule has 2 aliphatic heterocycles. The monoisotopic (exact) mass is 539 g/mol. The normalized spacial score (nSPS) is 29.8. The molecule has 204 valence electrons. The van der Waals surface area contributed by atoms with E-state index in [1.165, 1.54) is 0 Å². The van der Waals surface area contributed by atoms with Gasteiger partial charge < -0.3 is 24.3 Å². The van der Waals surface area contributed by atoms with E-state index < -0.39 is 5.79 Å². The Morgan fingerprint density at radius 1 is 1.03 bits per heavy atom. The van der Waals surface area contributed by atoms with E-state index in [1.807, 2.05) is 26.8 Å². The van der Waals surface area contributed by atoms with Crippen LogP contribution in [0.5, 0.6) is 11.5 Å². The molecule has 1 atom stereocenters. The minimum absolute atomic E-state index is 0.0832. The number of nitrogens with one attached hydrogen (secondary N) is 1. The number of halogens is 1. The number of aromatic nitrogens is 1. The fraction of sp³-hybridized carbons (Fsp3) is 0.600. The van der Waals surface area contributed by atoms with Crippen molar-refractivity contribution in [3.05, 3.63) is 55.0 Å². The number of fused-ring (bicyclic) bond motifs is 5. The van der Waals surface area contributed by atoms with Gasteiger partial charge in [-0.25, -0.2) is 0 Å². The van der Waals surface area contributed by atoms with Crippen molar-refractivity contribution >= 4 is 17.5 Å². The van der Waals surface area contributed by atoms with Crippen LogP contribution >= 0.6 is 11.6 Å². The summed E-state index contributed by atoms with van der Waals surface area (Å²) in [5.41, 5.74) is 4.69. The molecule has 1 aromatic carbocycles. The summed E-state index contributed by atoms with van der Waals surface area (Å²) in [6.45, 7) is 8.61. The summed E-state index contributed by atoms with van der Waals surface area (Å²) in [5, 5.41) is 0.333. The fourth-order valence-corrected chi connectivity index (χ4v) is 7.98. The van der Waals surface area contributed by atoms with Gasteiger partial charge in [0.15, 0.2) is 11.5 Å². The van der Waals surface area contributed by atoms with Crippen molar-refractivity contribution in [3.63, 3.8) is 0 Å². The summed E-state index contributed by atoms with van der Waals surface area (Å²) < 4.78 is 13.4. The first kappa shape index (κ1) is 25.8. The highest BCUT2D eigenvalue weighted by molar-refractivity contribution is 6.36. The zero-order valence-electron chi connectivity index (χ0n) is 23.3. The maximum atomic E-state index is 13.8. The Bertz CT molecular complexity index is 1390. The van der Waals surface area contributed by atoms with Crippen LogP contribution in [0.15, 0.2) is 10.9 Å². The molecular weight excluding hydrogens is 502 g/mol. The van der Waals surface area contributed by atoms with Crippen LogP contribution in [0.25, 0.3) is 0 Å². The van der Waals surface area contributed by atoms with Gasteiger partial charge in [-0.15, -0.1) is 0 Å². The lowest BCUT2D eigenvalue weighted by atomic mass is 9.54. The van der Waals surface area contributed by atoms with Crippen molar-refractivity contribution in [2.45, 2.75) is 90.5 Å². The summed E-state index contributed by atoms with van der Waals surface area (Å²) >= 11 is 6.99. The number of aryl methyl sites for hydroxylation is 2. The second-order valence-electron chi connectivity index (χ2n) is 12.4. The number of carbonyl (C=O) groups is 1. The SMILES string of the molecule is Cc1cc(C)c(CN2CCc3c(C)c4c(c(Cl)c3C2=O)OC(C)(C23CCC(N(C)C)(CC2)CC3)O4)c(=O)[nH]1. The molecule has 7 rings (SSSR count). The van der Waals surface area contributed by atoms with Gasteiger partial charge >= 0.3 is 0 Å². The molecule has 3 fully saturated rings. The predicted octanol–water partition coefficient (Wildman–Crippen LogP) is 5.29. The molecule has 2 bridgehead atoms. The number of ether oxygens (including phenoxy) is 2. The topological polar surface area (TPSA) is 74.9 Å². The highest BCUT2D eigenvalue weighted by atomic mass is 35.5. The second-order valence-corrected chi connectivity index (χ2v) is 12.8. The first-order valence-corrected chi connectivity index (χ1v) is 14.2. The summed E-state index contributed by atoms with van der Waals surface area (Å²) in [6.07, 6.45) is 7.18. The number of pyridine rings is 1. The van der Waals surface area contributed by atoms with E-state index in [1.54, 1.807) is 4.90 Å². The number of H-pyrrole nitrogens is 1. The van der Waals surface area contributed by atoms with Gasteiger partial charge in [0.1, 0.15) is 0 Å². The van der Waals surface area contributed by atoms with Crippen molar-refractivity contribution < 1.29 is 14.3 Å². The molecule has 0 spiro atoms. The standard InChI is InChI=1S/C30H38ClN3O4/c1-17-15-18(2)32-26(35)21(17)16-34-14-7-20-19(3)24-25(23(31)22(20)27(34)36)38-28(4,37-24)29-8-11-30(12-9-29,13-10-29)33(5)6/h15H,7-14,16H2,1-6H3,(H,32,35). The highest BCUT2D eigenvalue weighted by Gasteiger charge is 2.62. The van der Waals surface area contributed by atoms with Crippen LogP contribution < -0.4 is 15.0 Å². The number of hydrogen-bond acceptors (Lipinski definition) is 5. The van der Waals surface area contributed by atoms with E-state index in [0.717, 1.165) is 60.9 Å². The van der Waals surface area contributed by atoms with Gasteiger partial charge in [0.2, 0.25) is 0 Å². The Morgan fingerprint density at radius 2 is 1.66 bits per heavy atom. The van der Waals surface area contributed by atoms with Gasteiger partial charge in [0, 0.05) is 35.7 Å². The fourth-order valence-electron chi connectivity index (χ4n) is 7.66. The van der Waals surface area contributed by atoms with Crippen LogP contribution in [0.2, 0.25) is 5.02 Å². The Morgan fingerprint density at radius 3 is 2.26 bits per heavy atom. The molecule has 8 heteroatoms. The van der Waals surface area contributed by atoms with Crippen LogP contribution in [0, 0.1) is 26.2 Å². The lowest BCUT2D eigenvalue weighted by Gasteiger charge is -2.59. The first-order chi connectivity index (χ1) is 17.9. The van der Waals surface area contributed by atoms with E-state index >= 15 is 0 Å². The number of aromatic amines is 1. The van der Waals surface area contributed by atoms with Crippen molar-refractivity contribution in [2.75, 3.05) is 20.6 Å². The van der Waals surface area contributed by atoms with E-state index in [4.69, 9.17) is 21.1 Å². The average molecular weight is 540 g/mol. The van der Waals surface area contributed by atoms with Crippen LogP contribution in [0.1, 0.15) is 83.8 Å². The van der Waals surface area contributed by atoms with Crippen molar-refractivity contribution in [1.82, 2.24) is 14.8 Å². The van der Waals surface area contributed by atoms with Gasteiger partial charge in [0.25, 0.3) is 17.3 Å². The van der Waals surface area contributed by atoms with Gasteiger partial charge in [-0.1, -0.05) is 11.6 Å². The van der Waals surface area contributed by atoms with Crippen molar-refractivity contribution in [3.8, 4) is 11.5 Å². The third-order valence-corrected chi connectivity index (χ3v) is 10.8. The molecule has 3 aliphatic carbocycles. The summed E-state index contributed by atoms with van der Waals surface area (Å²) in [6, 6.07) is 1.94. The zero-order valence-corrected chi connectivity index (χ0v) is 24.1. The zero-order chi connectivity index (χ0) is 27.2. The van der Waals surface area contributed by atoms with Gasteiger partial charge in [0.05, 0.1) is 17.1 Å². The molecule has 3 saturated carbocycles. The predicted molar refractivity (Wildman–Crippen MR) is 147 cm³/mol. The highest BCUT2D eigenvalue weighted by Crippen LogP contribution is 2.63. The van der Waals surface area contributed by atoms with E-state index in [2.05, 4.69) is 30.9 Å². The number of nitrogens with zero attached hydrogens (tertiary/aromatic N) is 2. The minimum Gasteiger partial charge on any atom is -0.448 e. The average Bonchev–Trinajstić information content (AvgIpc) is 3.26. The summed E-state index contributed by atoms with van der Waals surface area (Å²) in [4.78, 5) is 33.4. The maximum Gasteiger partial charge on any atom is 0.256 e. The van der Waals surface area contributed by atoms with Crippen LogP contribution in [0.4, 0.5) is 0 Å².